The van der Waals surface area contributed by atoms with Crippen molar-refractivity contribution in [3.05, 3.63) is 53.3 Å². The van der Waals surface area contributed by atoms with Crippen LogP contribution >= 0.6 is 11.6 Å². The number of rotatable bonds is 5. The zero-order chi connectivity index (χ0) is 15.5. The van der Waals surface area contributed by atoms with Gasteiger partial charge in [0.2, 0.25) is 0 Å². The average Bonchev–Trinajstić information content (AvgIpc) is 2.43. The molecule has 0 aliphatic rings. The molecule has 0 heterocycles. The zero-order valence-corrected chi connectivity index (χ0v) is 12.7. The fourth-order valence-corrected chi connectivity index (χ4v) is 2.85. The summed E-state index contributed by atoms with van der Waals surface area (Å²) >= 11 is 5.73. The molecule has 0 saturated heterocycles. The third kappa shape index (κ3) is 3.86. The lowest BCUT2D eigenvalue weighted by molar-refractivity contribution is 0.321. The minimum Gasteiger partial charge on any atom is -0.491 e. The van der Waals surface area contributed by atoms with Gasteiger partial charge in [-0.3, -0.25) is 4.72 Å². The molecule has 2 rings (SSSR count). The van der Waals surface area contributed by atoms with E-state index in [1.165, 1.54) is 24.3 Å². The number of hydrogen-bond acceptors (Lipinski definition) is 3. The smallest absolute Gasteiger partial charge is 0.262 e. The molecule has 0 aromatic heterocycles. The molecular weight excluding hydrogens is 317 g/mol. The first-order chi connectivity index (χ1) is 9.92. The summed E-state index contributed by atoms with van der Waals surface area (Å²) in [6, 6.07) is 9.64. The van der Waals surface area contributed by atoms with Gasteiger partial charge in [0.15, 0.2) is 11.6 Å². The van der Waals surface area contributed by atoms with Crippen molar-refractivity contribution in [2.45, 2.75) is 11.8 Å². The predicted octanol–water partition coefficient (Wildman–Crippen LogP) is 3.68. The first kappa shape index (κ1) is 15.6. The second-order valence-corrected chi connectivity index (χ2v) is 6.26. The Labute approximate surface area is 127 Å². The molecule has 0 atom stereocenters. The molecule has 0 spiro atoms. The molecule has 2 aromatic carbocycles. The minimum atomic E-state index is -3.87. The third-order valence-corrected chi connectivity index (χ3v) is 4.24. The van der Waals surface area contributed by atoms with Crippen LogP contribution in [0.4, 0.5) is 10.1 Å². The molecule has 7 heteroatoms. The van der Waals surface area contributed by atoms with Crippen molar-refractivity contribution in [1.29, 1.82) is 0 Å². The molecule has 112 valence electrons. The van der Waals surface area contributed by atoms with Gasteiger partial charge in [-0.1, -0.05) is 11.6 Å². The lowest BCUT2D eigenvalue weighted by Gasteiger charge is -2.10. The highest BCUT2D eigenvalue weighted by Gasteiger charge is 2.17. The van der Waals surface area contributed by atoms with Crippen molar-refractivity contribution in [2.75, 3.05) is 11.3 Å². The van der Waals surface area contributed by atoms with Gasteiger partial charge in [0.1, 0.15) is 0 Å². The van der Waals surface area contributed by atoms with E-state index in [-0.39, 0.29) is 10.6 Å². The van der Waals surface area contributed by atoms with E-state index in [0.29, 0.717) is 17.3 Å². The summed E-state index contributed by atoms with van der Waals surface area (Å²) in [7, 11) is -3.87. The Morgan fingerprint density at radius 3 is 2.43 bits per heavy atom. The fourth-order valence-electron chi connectivity index (χ4n) is 1.65. The number of nitrogens with one attached hydrogen (secondary N) is 1. The van der Waals surface area contributed by atoms with E-state index in [0.717, 1.165) is 6.07 Å². The van der Waals surface area contributed by atoms with E-state index in [1.54, 1.807) is 19.1 Å². The summed E-state index contributed by atoms with van der Waals surface area (Å²) in [5.74, 6) is -0.709. The molecule has 0 bridgehead atoms. The van der Waals surface area contributed by atoms with Gasteiger partial charge >= 0.3 is 0 Å². The monoisotopic (exact) mass is 329 g/mol. The van der Waals surface area contributed by atoms with Crippen molar-refractivity contribution >= 4 is 27.3 Å². The highest BCUT2D eigenvalue weighted by molar-refractivity contribution is 7.92. The van der Waals surface area contributed by atoms with Crippen molar-refractivity contribution in [1.82, 2.24) is 0 Å². The molecule has 21 heavy (non-hydrogen) atoms. The van der Waals surface area contributed by atoms with Crippen LogP contribution in [0.2, 0.25) is 5.02 Å². The second kappa shape index (κ2) is 6.32. The molecule has 0 aliphatic carbocycles. The highest BCUT2D eigenvalue weighted by atomic mass is 35.5. The number of hydrogen-bond donors (Lipinski definition) is 1. The summed E-state index contributed by atoms with van der Waals surface area (Å²) in [5, 5.41) is 0.491. The Morgan fingerprint density at radius 1 is 1.19 bits per heavy atom. The number of ether oxygens (including phenoxy) is 1. The van der Waals surface area contributed by atoms with Gasteiger partial charge in [-0.2, -0.15) is 0 Å². The van der Waals surface area contributed by atoms with Crippen molar-refractivity contribution in [3.63, 3.8) is 0 Å². The van der Waals surface area contributed by atoms with Crippen LogP contribution in [0.15, 0.2) is 47.4 Å². The van der Waals surface area contributed by atoms with Crippen molar-refractivity contribution in [3.8, 4) is 5.75 Å². The lowest BCUT2D eigenvalue weighted by atomic mass is 10.3. The number of anilines is 1. The first-order valence-corrected chi connectivity index (χ1v) is 7.99. The topological polar surface area (TPSA) is 55.4 Å². The van der Waals surface area contributed by atoms with Crippen LogP contribution in [-0.4, -0.2) is 15.0 Å². The summed E-state index contributed by atoms with van der Waals surface area (Å²) in [6.45, 7) is 2.01. The van der Waals surface area contributed by atoms with Gasteiger partial charge in [0, 0.05) is 10.7 Å². The molecule has 0 aliphatic heterocycles. The van der Waals surface area contributed by atoms with Crippen LogP contribution in [0.5, 0.6) is 5.75 Å². The molecular formula is C14H13ClFNO3S. The second-order valence-electron chi connectivity index (χ2n) is 4.14. The Kier molecular flexibility index (Phi) is 4.69. The van der Waals surface area contributed by atoms with Gasteiger partial charge in [0.05, 0.1) is 11.5 Å². The van der Waals surface area contributed by atoms with Gasteiger partial charge in [-0.25, -0.2) is 12.8 Å². The van der Waals surface area contributed by atoms with Gasteiger partial charge in [0.25, 0.3) is 10.0 Å². The molecule has 0 fully saturated rings. The zero-order valence-electron chi connectivity index (χ0n) is 11.1. The number of sulfonamides is 1. The molecule has 2 aromatic rings. The quantitative estimate of drug-likeness (QED) is 0.910. The fraction of sp³-hybridized carbons (Fsp3) is 0.143. The molecule has 0 amide bonds. The van der Waals surface area contributed by atoms with Gasteiger partial charge in [-0.05, 0) is 49.4 Å². The Bertz CT molecular complexity index is 732. The third-order valence-electron chi connectivity index (χ3n) is 2.61. The standard InChI is InChI=1S/C14H13ClFNO3S/c1-2-20-14-8-7-12(9-13(14)16)21(18,19)17-11-5-3-10(15)4-6-11/h3-9,17H,2H2,1H3. The molecule has 4 nitrogen and oxygen atoms in total. The lowest BCUT2D eigenvalue weighted by Crippen LogP contribution is -2.13. The van der Waals surface area contributed by atoms with Crippen molar-refractivity contribution < 1.29 is 17.5 Å². The summed E-state index contributed by atoms with van der Waals surface area (Å²) in [4.78, 5) is -0.182. The predicted molar refractivity (Wildman–Crippen MR) is 79.8 cm³/mol. The van der Waals surface area contributed by atoms with Crippen LogP contribution < -0.4 is 9.46 Å². The van der Waals surface area contributed by atoms with E-state index in [1.807, 2.05) is 0 Å². The van der Waals surface area contributed by atoms with E-state index < -0.39 is 15.8 Å². The maximum Gasteiger partial charge on any atom is 0.262 e. The van der Waals surface area contributed by atoms with Gasteiger partial charge in [-0.15, -0.1) is 0 Å². The van der Waals surface area contributed by atoms with Crippen LogP contribution in [-0.2, 0) is 10.0 Å². The van der Waals surface area contributed by atoms with Crippen molar-refractivity contribution in [2.24, 2.45) is 0 Å². The van der Waals surface area contributed by atoms with E-state index in [9.17, 15) is 12.8 Å². The summed E-state index contributed by atoms with van der Waals surface area (Å²) < 4.78 is 45.4. The van der Waals surface area contributed by atoms with E-state index >= 15 is 0 Å². The average molecular weight is 330 g/mol. The number of benzene rings is 2. The largest absolute Gasteiger partial charge is 0.491 e. The first-order valence-electron chi connectivity index (χ1n) is 6.13. The molecule has 1 N–H and O–H groups in total. The van der Waals surface area contributed by atoms with Crippen LogP contribution in [0, 0.1) is 5.82 Å². The van der Waals surface area contributed by atoms with Gasteiger partial charge < -0.3 is 4.74 Å². The summed E-state index contributed by atoms with van der Waals surface area (Å²) in [5.41, 5.74) is 0.341. The highest BCUT2D eigenvalue weighted by Crippen LogP contribution is 2.23. The molecule has 0 unspecified atom stereocenters. The Balaban J connectivity index is 2.27. The maximum atomic E-state index is 13.7. The number of halogens is 2. The minimum absolute atomic E-state index is 0.0166. The Morgan fingerprint density at radius 2 is 1.86 bits per heavy atom. The van der Waals surface area contributed by atoms with E-state index in [4.69, 9.17) is 16.3 Å². The Hall–Kier alpha value is -1.79. The maximum absolute atomic E-state index is 13.7. The summed E-state index contributed by atoms with van der Waals surface area (Å²) in [6.07, 6.45) is 0. The van der Waals surface area contributed by atoms with Crippen LogP contribution in [0.1, 0.15) is 6.92 Å². The SMILES string of the molecule is CCOc1ccc(S(=O)(=O)Nc2ccc(Cl)cc2)cc1F. The normalized spacial score (nSPS) is 11.2. The van der Waals surface area contributed by atoms with Crippen LogP contribution in [0.3, 0.4) is 0 Å². The van der Waals surface area contributed by atoms with E-state index in [2.05, 4.69) is 4.72 Å². The molecule has 0 radical (unpaired) electrons. The van der Waals surface area contributed by atoms with Crippen LogP contribution in [0.25, 0.3) is 0 Å². The molecule has 0 saturated carbocycles.